The van der Waals surface area contributed by atoms with Gasteiger partial charge in [-0.1, -0.05) is 18.2 Å². The van der Waals surface area contributed by atoms with Gasteiger partial charge in [-0.05, 0) is 18.4 Å². The van der Waals surface area contributed by atoms with Gasteiger partial charge in [0.05, 0.1) is 5.88 Å². The van der Waals surface area contributed by atoms with Crippen molar-refractivity contribution in [3.63, 3.8) is 0 Å². The number of carbonyl (C=O) groups is 1. The molecule has 1 rings (SSSR count). The van der Waals surface area contributed by atoms with Crippen LogP contribution in [0.2, 0.25) is 0 Å². The van der Waals surface area contributed by atoms with E-state index in [2.05, 4.69) is 0 Å². The van der Waals surface area contributed by atoms with Crippen molar-refractivity contribution in [1.29, 1.82) is 0 Å². The molecule has 64 valence electrons. The molecular weight excluding hydrogens is 170 g/mol. The number of hydrogen-bond acceptors (Lipinski definition) is 2. The standard InChI is InChI=1S/C9H11NOS/c1-12-8-10(7-11)9-5-3-2-4-6-9/h2-7H,8H2,1H3. The van der Waals surface area contributed by atoms with E-state index < -0.39 is 0 Å². The number of anilines is 1. The highest BCUT2D eigenvalue weighted by molar-refractivity contribution is 7.98. The molecule has 0 fully saturated rings. The molecule has 0 aliphatic heterocycles. The average molecular weight is 181 g/mol. The summed E-state index contributed by atoms with van der Waals surface area (Å²) in [6.07, 6.45) is 2.82. The molecule has 2 nitrogen and oxygen atoms in total. The van der Waals surface area contributed by atoms with Crippen LogP contribution in [-0.2, 0) is 4.79 Å². The summed E-state index contributed by atoms with van der Waals surface area (Å²) in [5.74, 6) is 0.702. The Morgan fingerprint density at radius 3 is 2.58 bits per heavy atom. The number of hydrogen-bond donors (Lipinski definition) is 0. The van der Waals surface area contributed by atoms with Crippen LogP contribution in [0.3, 0.4) is 0 Å². The van der Waals surface area contributed by atoms with Crippen LogP contribution in [0.5, 0.6) is 0 Å². The molecule has 1 amide bonds. The van der Waals surface area contributed by atoms with Crippen LogP contribution in [0.1, 0.15) is 0 Å². The van der Waals surface area contributed by atoms with E-state index in [9.17, 15) is 4.79 Å². The molecule has 1 aromatic carbocycles. The molecule has 0 spiro atoms. The summed E-state index contributed by atoms with van der Waals surface area (Å²) in [6.45, 7) is 0. The topological polar surface area (TPSA) is 20.3 Å². The molecule has 12 heavy (non-hydrogen) atoms. The summed E-state index contributed by atoms with van der Waals surface area (Å²) in [4.78, 5) is 12.3. The van der Waals surface area contributed by atoms with Gasteiger partial charge in [-0.2, -0.15) is 0 Å². The first-order valence-electron chi connectivity index (χ1n) is 3.64. The quantitative estimate of drug-likeness (QED) is 0.523. The van der Waals surface area contributed by atoms with Gasteiger partial charge in [0.1, 0.15) is 0 Å². The zero-order chi connectivity index (χ0) is 8.81. The zero-order valence-corrected chi connectivity index (χ0v) is 7.75. The lowest BCUT2D eigenvalue weighted by Gasteiger charge is -2.15. The van der Waals surface area contributed by atoms with E-state index in [0.717, 1.165) is 12.1 Å². The predicted molar refractivity (Wildman–Crippen MR) is 53.4 cm³/mol. The third-order valence-corrected chi connectivity index (χ3v) is 2.02. The van der Waals surface area contributed by atoms with Gasteiger partial charge >= 0.3 is 0 Å². The minimum Gasteiger partial charge on any atom is -0.305 e. The van der Waals surface area contributed by atoms with Crippen molar-refractivity contribution >= 4 is 23.9 Å². The van der Waals surface area contributed by atoms with E-state index >= 15 is 0 Å². The van der Waals surface area contributed by atoms with Crippen LogP contribution >= 0.6 is 11.8 Å². The van der Waals surface area contributed by atoms with Crippen LogP contribution < -0.4 is 4.90 Å². The number of thioether (sulfide) groups is 1. The maximum Gasteiger partial charge on any atom is 0.214 e. The number of para-hydroxylation sites is 1. The Hall–Kier alpha value is -0.960. The van der Waals surface area contributed by atoms with Crippen LogP contribution in [0.25, 0.3) is 0 Å². The minimum absolute atomic E-state index is 0.702. The van der Waals surface area contributed by atoms with Gasteiger partial charge in [-0.15, -0.1) is 11.8 Å². The number of nitrogens with zero attached hydrogens (tertiary/aromatic N) is 1. The lowest BCUT2D eigenvalue weighted by Crippen LogP contribution is -2.19. The fraction of sp³-hybridized carbons (Fsp3) is 0.222. The lowest BCUT2D eigenvalue weighted by molar-refractivity contribution is -0.107. The largest absolute Gasteiger partial charge is 0.305 e. The first-order chi connectivity index (χ1) is 5.88. The van der Waals surface area contributed by atoms with Crippen molar-refractivity contribution in [2.75, 3.05) is 17.0 Å². The molecule has 1 aromatic rings. The van der Waals surface area contributed by atoms with E-state index in [-0.39, 0.29) is 0 Å². The van der Waals surface area contributed by atoms with Crippen LogP contribution in [0.15, 0.2) is 30.3 Å². The van der Waals surface area contributed by atoms with E-state index in [4.69, 9.17) is 0 Å². The molecule has 0 saturated heterocycles. The minimum atomic E-state index is 0.702. The average Bonchev–Trinajstić information content (AvgIpc) is 2.15. The summed E-state index contributed by atoms with van der Waals surface area (Å²) in [5.41, 5.74) is 0.946. The van der Waals surface area contributed by atoms with Crippen molar-refractivity contribution < 1.29 is 4.79 Å². The summed E-state index contributed by atoms with van der Waals surface area (Å²) in [6, 6.07) is 9.62. The zero-order valence-electron chi connectivity index (χ0n) is 6.93. The summed E-state index contributed by atoms with van der Waals surface area (Å²) < 4.78 is 0. The van der Waals surface area contributed by atoms with Gasteiger partial charge in [-0.25, -0.2) is 0 Å². The smallest absolute Gasteiger partial charge is 0.214 e. The number of benzene rings is 1. The SMILES string of the molecule is CSCN(C=O)c1ccccc1. The second kappa shape index (κ2) is 4.83. The van der Waals surface area contributed by atoms with Gasteiger partial charge in [0.25, 0.3) is 0 Å². The number of amides is 1. The third kappa shape index (κ3) is 2.27. The second-order valence-corrected chi connectivity index (χ2v) is 3.16. The highest BCUT2D eigenvalue weighted by Gasteiger charge is 2.00. The lowest BCUT2D eigenvalue weighted by atomic mass is 10.3. The number of rotatable bonds is 4. The molecule has 0 N–H and O–H groups in total. The van der Waals surface area contributed by atoms with Gasteiger partial charge in [0.15, 0.2) is 0 Å². The third-order valence-electron chi connectivity index (χ3n) is 1.48. The highest BCUT2D eigenvalue weighted by atomic mass is 32.2. The molecule has 0 unspecified atom stereocenters. The van der Waals surface area contributed by atoms with Crippen molar-refractivity contribution in [3.05, 3.63) is 30.3 Å². The maximum atomic E-state index is 10.6. The van der Waals surface area contributed by atoms with Crippen molar-refractivity contribution in [2.45, 2.75) is 0 Å². The Bertz CT molecular complexity index is 238. The fourth-order valence-electron chi connectivity index (χ4n) is 0.924. The molecule has 0 aliphatic carbocycles. The molecular formula is C9H11NOS. The van der Waals surface area contributed by atoms with Crippen molar-refractivity contribution in [2.24, 2.45) is 0 Å². The maximum absolute atomic E-state index is 10.6. The predicted octanol–water partition coefficient (Wildman–Crippen LogP) is 1.97. The van der Waals surface area contributed by atoms with Crippen molar-refractivity contribution in [1.82, 2.24) is 0 Å². The highest BCUT2D eigenvalue weighted by Crippen LogP contribution is 2.12. The van der Waals surface area contributed by atoms with Gasteiger partial charge in [0, 0.05) is 5.69 Å². The molecule has 0 radical (unpaired) electrons. The Kier molecular flexibility index (Phi) is 3.67. The second-order valence-electron chi connectivity index (χ2n) is 2.33. The van der Waals surface area contributed by atoms with E-state index in [1.807, 2.05) is 36.6 Å². The Morgan fingerprint density at radius 2 is 2.08 bits per heavy atom. The van der Waals surface area contributed by atoms with Gasteiger partial charge in [0.2, 0.25) is 6.41 Å². The van der Waals surface area contributed by atoms with Crippen LogP contribution in [0.4, 0.5) is 5.69 Å². The molecule has 3 heteroatoms. The normalized spacial score (nSPS) is 9.42. The van der Waals surface area contributed by atoms with Gasteiger partial charge < -0.3 is 4.90 Å². The molecule has 0 bridgehead atoms. The summed E-state index contributed by atoms with van der Waals surface area (Å²) in [7, 11) is 0. The molecule has 0 heterocycles. The molecule has 0 aliphatic rings. The van der Waals surface area contributed by atoms with E-state index in [1.165, 1.54) is 0 Å². The Balaban J connectivity index is 2.73. The number of carbonyl (C=O) groups excluding carboxylic acids is 1. The fourth-order valence-corrected chi connectivity index (χ4v) is 1.41. The van der Waals surface area contributed by atoms with E-state index in [0.29, 0.717) is 5.88 Å². The Labute approximate surface area is 76.6 Å². The van der Waals surface area contributed by atoms with Crippen LogP contribution in [-0.4, -0.2) is 18.5 Å². The first-order valence-corrected chi connectivity index (χ1v) is 5.04. The first kappa shape index (κ1) is 9.13. The van der Waals surface area contributed by atoms with E-state index in [1.54, 1.807) is 16.7 Å². The molecule has 0 saturated carbocycles. The molecule has 0 atom stereocenters. The van der Waals surface area contributed by atoms with Crippen molar-refractivity contribution in [3.8, 4) is 0 Å². The summed E-state index contributed by atoms with van der Waals surface area (Å²) >= 11 is 1.62. The van der Waals surface area contributed by atoms with Crippen LogP contribution in [0, 0.1) is 0 Å². The Morgan fingerprint density at radius 1 is 1.42 bits per heavy atom. The molecule has 0 aromatic heterocycles. The monoisotopic (exact) mass is 181 g/mol. The summed E-state index contributed by atoms with van der Waals surface area (Å²) in [5, 5.41) is 0. The van der Waals surface area contributed by atoms with Gasteiger partial charge in [-0.3, -0.25) is 4.79 Å².